The van der Waals surface area contributed by atoms with Crippen molar-refractivity contribution in [2.24, 2.45) is 0 Å². The highest BCUT2D eigenvalue weighted by Gasteiger charge is 2.45. The van der Waals surface area contributed by atoms with Crippen LogP contribution in [0.1, 0.15) is 50.5 Å². The third kappa shape index (κ3) is 3.74. The molecule has 0 aromatic heterocycles. The molecule has 0 atom stereocenters. The lowest BCUT2D eigenvalue weighted by Gasteiger charge is -2.41. The molecule has 2 aliphatic rings. The van der Waals surface area contributed by atoms with Crippen LogP contribution < -0.4 is 5.32 Å². The summed E-state index contributed by atoms with van der Waals surface area (Å²) in [5, 5.41) is 3.11. The van der Waals surface area contributed by atoms with E-state index in [1.807, 2.05) is 6.07 Å². The second kappa shape index (κ2) is 7.43. The molecule has 3 rings (SSSR count). The maximum absolute atomic E-state index is 13.5. The van der Waals surface area contributed by atoms with Crippen molar-refractivity contribution in [1.29, 1.82) is 0 Å². The summed E-state index contributed by atoms with van der Waals surface area (Å²) in [4.78, 5) is 15.2. The molecule has 1 saturated heterocycles. The van der Waals surface area contributed by atoms with Gasteiger partial charge in [0.1, 0.15) is 5.82 Å². The second-order valence-electron chi connectivity index (χ2n) is 6.96. The van der Waals surface area contributed by atoms with Crippen LogP contribution in [0.4, 0.5) is 4.39 Å². The van der Waals surface area contributed by atoms with Gasteiger partial charge in [-0.25, -0.2) is 4.39 Å². The van der Waals surface area contributed by atoms with Crippen LogP contribution >= 0.6 is 0 Å². The molecule has 1 aromatic rings. The molecule has 0 unspecified atom stereocenters. The largest absolute Gasteiger partial charge is 0.354 e. The molecule has 1 saturated carbocycles. The summed E-state index contributed by atoms with van der Waals surface area (Å²) in [5.74, 6) is -0.185. The zero-order valence-corrected chi connectivity index (χ0v) is 13.8. The van der Waals surface area contributed by atoms with Crippen molar-refractivity contribution >= 4 is 5.91 Å². The number of nitrogens with one attached hydrogen (secondary N) is 1. The van der Waals surface area contributed by atoms with E-state index < -0.39 is 5.41 Å². The zero-order chi connectivity index (χ0) is 16.1. The average Bonchev–Trinajstić information content (AvgIpc) is 2.75. The van der Waals surface area contributed by atoms with Crippen LogP contribution in [0, 0.1) is 5.82 Å². The predicted octanol–water partition coefficient (Wildman–Crippen LogP) is 3.24. The van der Waals surface area contributed by atoms with Gasteiger partial charge in [0.15, 0.2) is 0 Å². The van der Waals surface area contributed by atoms with Crippen LogP contribution in [0.3, 0.4) is 0 Å². The van der Waals surface area contributed by atoms with Crippen molar-refractivity contribution in [1.82, 2.24) is 10.2 Å². The fraction of sp³-hybridized carbons (Fsp3) is 0.632. The summed E-state index contributed by atoms with van der Waals surface area (Å²) >= 11 is 0. The molecule has 0 radical (unpaired) electrons. The SMILES string of the molecule is O=C(NCCN1CCCCCC1)C1(c2cccc(F)c2)CCC1. The Labute approximate surface area is 138 Å². The number of likely N-dealkylation sites (tertiary alicyclic amines) is 1. The molecular formula is C19H27FN2O. The number of halogens is 1. The fourth-order valence-electron chi connectivity index (χ4n) is 3.82. The van der Waals surface area contributed by atoms with Crippen molar-refractivity contribution in [3.63, 3.8) is 0 Å². The Kier molecular flexibility index (Phi) is 5.31. The fourth-order valence-corrected chi connectivity index (χ4v) is 3.82. The Morgan fingerprint density at radius 1 is 1.13 bits per heavy atom. The van der Waals surface area contributed by atoms with E-state index in [0.29, 0.717) is 6.54 Å². The molecule has 2 fully saturated rings. The normalized spacial score (nSPS) is 21.3. The van der Waals surface area contributed by atoms with Crippen molar-refractivity contribution in [3.8, 4) is 0 Å². The summed E-state index contributed by atoms with van der Waals surface area (Å²) in [5.41, 5.74) is 0.331. The van der Waals surface area contributed by atoms with E-state index in [2.05, 4.69) is 10.2 Å². The van der Waals surface area contributed by atoms with Gasteiger partial charge >= 0.3 is 0 Å². The number of carbonyl (C=O) groups is 1. The molecule has 0 spiro atoms. The smallest absolute Gasteiger partial charge is 0.230 e. The van der Waals surface area contributed by atoms with Crippen LogP contribution in [-0.2, 0) is 10.2 Å². The van der Waals surface area contributed by atoms with Gasteiger partial charge in [-0.1, -0.05) is 31.4 Å². The first kappa shape index (κ1) is 16.4. The Morgan fingerprint density at radius 3 is 2.48 bits per heavy atom. The van der Waals surface area contributed by atoms with Gasteiger partial charge in [0.2, 0.25) is 5.91 Å². The number of nitrogens with zero attached hydrogens (tertiary/aromatic N) is 1. The topological polar surface area (TPSA) is 32.3 Å². The summed E-state index contributed by atoms with van der Waals surface area (Å²) in [6.07, 6.45) is 7.87. The van der Waals surface area contributed by atoms with Crippen LogP contribution in [-0.4, -0.2) is 37.0 Å². The minimum absolute atomic E-state index is 0.0733. The van der Waals surface area contributed by atoms with Gasteiger partial charge in [-0.3, -0.25) is 4.79 Å². The lowest BCUT2D eigenvalue weighted by molar-refractivity contribution is -0.130. The van der Waals surface area contributed by atoms with Gasteiger partial charge in [0, 0.05) is 13.1 Å². The van der Waals surface area contributed by atoms with Crippen LogP contribution in [0.2, 0.25) is 0 Å². The average molecular weight is 318 g/mol. The minimum Gasteiger partial charge on any atom is -0.354 e. The van der Waals surface area contributed by atoms with Gasteiger partial charge in [0.25, 0.3) is 0 Å². The van der Waals surface area contributed by atoms with E-state index >= 15 is 0 Å². The van der Waals surface area contributed by atoms with Gasteiger partial charge < -0.3 is 10.2 Å². The standard InChI is InChI=1S/C19H27FN2O/c20-17-8-5-7-16(15-17)19(9-6-10-19)18(23)21-11-14-22-12-3-1-2-4-13-22/h5,7-8,15H,1-4,6,9-14H2,(H,21,23). The van der Waals surface area contributed by atoms with Crippen molar-refractivity contribution < 1.29 is 9.18 Å². The number of benzene rings is 1. The molecule has 1 heterocycles. The Morgan fingerprint density at radius 2 is 1.87 bits per heavy atom. The first-order valence-corrected chi connectivity index (χ1v) is 8.97. The van der Waals surface area contributed by atoms with E-state index in [1.165, 1.54) is 37.8 Å². The zero-order valence-electron chi connectivity index (χ0n) is 13.8. The highest BCUT2D eigenvalue weighted by Crippen LogP contribution is 2.44. The van der Waals surface area contributed by atoms with Crippen LogP contribution in [0.25, 0.3) is 0 Å². The van der Waals surface area contributed by atoms with Crippen molar-refractivity contribution in [2.45, 2.75) is 50.4 Å². The quantitative estimate of drug-likeness (QED) is 0.904. The predicted molar refractivity (Wildman–Crippen MR) is 89.8 cm³/mol. The molecule has 126 valence electrons. The molecule has 3 nitrogen and oxygen atoms in total. The second-order valence-corrected chi connectivity index (χ2v) is 6.96. The van der Waals surface area contributed by atoms with E-state index in [0.717, 1.165) is 44.5 Å². The Bertz CT molecular complexity index is 534. The van der Waals surface area contributed by atoms with Gasteiger partial charge in [0.05, 0.1) is 5.41 Å². The first-order chi connectivity index (χ1) is 11.2. The molecular weight excluding hydrogens is 291 g/mol. The molecule has 1 N–H and O–H groups in total. The van der Waals surface area contributed by atoms with Crippen molar-refractivity contribution in [3.05, 3.63) is 35.6 Å². The van der Waals surface area contributed by atoms with Gasteiger partial charge in [-0.2, -0.15) is 0 Å². The van der Waals surface area contributed by atoms with E-state index in [1.54, 1.807) is 6.07 Å². The van der Waals surface area contributed by atoms with E-state index in [9.17, 15) is 9.18 Å². The number of rotatable bonds is 5. The number of carbonyl (C=O) groups excluding carboxylic acids is 1. The Hall–Kier alpha value is -1.42. The number of hydrogen-bond acceptors (Lipinski definition) is 2. The third-order valence-corrected chi connectivity index (χ3v) is 5.43. The molecule has 4 heteroatoms. The van der Waals surface area contributed by atoms with E-state index in [-0.39, 0.29) is 11.7 Å². The highest BCUT2D eigenvalue weighted by atomic mass is 19.1. The number of amides is 1. The van der Waals surface area contributed by atoms with Gasteiger partial charge in [-0.15, -0.1) is 0 Å². The maximum atomic E-state index is 13.5. The molecule has 1 aromatic carbocycles. The highest BCUT2D eigenvalue weighted by molar-refractivity contribution is 5.89. The van der Waals surface area contributed by atoms with Crippen LogP contribution in [0.5, 0.6) is 0 Å². The lowest BCUT2D eigenvalue weighted by atomic mass is 9.64. The van der Waals surface area contributed by atoms with Crippen molar-refractivity contribution in [2.75, 3.05) is 26.2 Å². The summed E-state index contributed by atoms with van der Waals surface area (Å²) in [6.45, 7) is 3.90. The molecule has 1 aliphatic heterocycles. The number of hydrogen-bond donors (Lipinski definition) is 1. The first-order valence-electron chi connectivity index (χ1n) is 8.97. The lowest BCUT2D eigenvalue weighted by Crippen LogP contribution is -2.50. The molecule has 1 aliphatic carbocycles. The molecule has 0 bridgehead atoms. The molecule has 23 heavy (non-hydrogen) atoms. The Balaban J connectivity index is 1.56. The monoisotopic (exact) mass is 318 g/mol. The summed E-state index contributed by atoms with van der Waals surface area (Å²) < 4.78 is 13.5. The summed E-state index contributed by atoms with van der Waals surface area (Å²) in [6, 6.07) is 6.55. The minimum atomic E-state index is -0.499. The van der Waals surface area contributed by atoms with Gasteiger partial charge in [-0.05, 0) is 56.5 Å². The summed E-state index contributed by atoms with van der Waals surface area (Å²) in [7, 11) is 0. The van der Waals surface area contributed by atoms with Crippen LogP contribution in [0.15, 0.2) is 24.3 Å². The van der Waals surface area contributed by atoms with E-state index in [4.69, 9.17) is 0 Å². The maximum Gasteiger partial charge on any atom is 0.230 e. The third-order valence-electron chi connectivity index (χ3n) is 5.43. The molecule has 1 amide bonds.